The van der Waals surface area contributed by atoms with Gasteiger partial charge < -0.3 is 15.2 Å². The quantitative estimate of drug-likeness (QED) is 0.592. The van der Waals surface area contributed by atoms with E-state index < -0.39 is 5.97 Å². The van der Waals surface area contributed by atoms with E-state index in [0.717, 1.165) is 5.69 Å². The highest BCUT2D eigenvalue weighted by Gasteiger charge is 2.16. The molecular weight excluding hydrogens is 310 g/mol. The Bertz CT molecular complexity index is 707. The predicted molar refractivity (Wildman–Crippen MR) is 88.3 cm³/mol. The number of nitrogens with zero attached hydrogens (tertiary/aromatic N) is 2. The molecule has 0 spiro atoms. The van der Waals surface area contributed by atoms with Crippen molar-refractivity contribution in [3.63, 3.8) is 0 Å². The van der Waals surface area contributed by atoms with Crippen LogP contribution in [0.4, 0.5) is 0 Å². The summed E-state index contributed by atoms with van der Waals surface area (Å²) in [6.45, 7) is 4.32. The van der Waals surface area contributed by atoms with Gasteiger partial charge in [-0.3, -0.25) is 4.79 Å². The number of aliphatic hydroxyl groups is 1. The number of amides is 1. The van der Waals surface area contributed by atoms with Crippen LogP contribution in [0.3, 0.4) is 0 Å². The van der Waals surface area contributed by atoms with Gasteiger partial charge in [-0.2, -0.15) is 5.10 Å². The Morgan fingerprint density at radius 1 is 1.29 bits per heavy atom. The van der Waals surface area contributed by atoms with Crippen molar-refractivity contribution >= 4 is 11.9 Å². The van der Waals surface area contributed by atoms with Crippen LogP contribution >= 0.6 is 0 Å². The first-order valence-corrected chi connectivity index (χ1v) is 7.79. The summed E-state index contributed by atoms with van der Waals surface area (Å²) in [6.07, 6.45) is 2.00. The largest absolute Gasteiger partial charge is 0.462 e. The number of hydrogen-bond acceptors (Lipinski definition) is 5. The van der Waals surface area contributed by atoms with Crippen LogP contribution in [-0.4, -0.2) is 46.5 Å². The summed E-state index contributed by atoms with van der Waals surface area (Å²) in [5, 5.41) is 15.7. The molecule has 128 valence electrons. The molecule has 0 radical (unpaired) electrons. The first kappa shape index (κ1) is 17.7. The highest BCUT2D eigenvalue weighted by atomic mass is 16.5. The zero-order chi connectivity index (χ0) is 17.5. The first-order chi connectivity index (χ1) is 11.6. The third-order valence-electron chi connectivity index (χ3n) is 3.50. The van der Waals surface area contributed by atoms with E-state index in [1.807, 2.05) is 0 Å². The Kier molecular flexibility index (Phi) is 6.08. The van der Waals surface area contributed by atoms with Gasteiger partial charge in [0, 0.05) is 18.7 Å². The lowest BCUT2D eigenvalue weighted by Gasteiger charge is -2.08. The van der Waals surface area contributed by atoms with Crippen molar-refractivity contribution in [2.75, 3.05) is 19.8 Å². The van der Waals surface area contributed by atoms with Gasteiger partial charge in [0.15, 0.2) is 0 Å². The number of carbonyl (C=O) groups excluding carboxylic acids is 2. The topological polar surface area (TPSA) is 93.5 Å². The lowest BCUT2D eigenvalue weighted by Crippen LogP contribution is -2.24. The molecule has 0 aliphatic rings. The normalized spacial score (nSPS) is 10.5. The van der Waals surface area contributed by atoms with E-state index in [1.165, 1.54) is 6.20 Å². The van der Waals surface area contributed by atoms with Crippen molar-refractivity contribution in [1.29, 1.82) is 0 Å². The minimum Gasteiger partial charge on any atom is -0.462 e. The number of nitrogens with one attached hydrogen (secondary N) is 1. The maximum atomic E-state index is 11.9. The SMILES string of the molecule is CCOC(=O)c1cnn(-c2ccc(C(=O)NCCCO)cc2)c1C. The van der Waals surface area contributed by atoms with Gasteiger partial charge in [-0.1, -0.05) is 0 Å². The number of carbonyl (C=O) groups is 2. The standard InChI is InChI=1S/C17H21N3O4/c1-3-24-17(23)15-11-19-20(12(15)2)14-7-5-13(6-8-14)16(22)18-9-4-10-21/h5-8,11,21H,3-4,9-10H2,1-2H3,(H,18,22). The fourth-order valence-electron chi connectivity index (χ4n) is 2.22. The van der Waals surface area contributed by atoms with Crippen molar-refractivity contribution in [1.82, 2.24) is 15.1 Å². The molecule has 0 aliphatic carbocycles. The fourth-order valence-corrected chi connectivity index (χ4v) is 2.22. The van der Waals surface area contributed by atoms with Crippen molar-refractivity contribution < 1.29 is 19.4 Å². The Labute approximate surface area is 140 Å². The van der Waals surface area contributed by atoms with Crippen LogP contribution in [0.15, 0.2) is 30.5 Å². The molecular formula is C17H21N3O4. The van der Waals surface area contributed by atoms with E-state index in [4.69, 9.17) is 9.84 Å². The minimum absolute atomic E-state index is 0.0423. The van der Waals surface area contributed by atoms with Gasteiger partial charge >= 0.3 is 5.97 Å². The number of aromatic nitrogens is 2. The van der Waals surface area contributed by atoms with Crippen LogP contribution in [0.25, 0.3) is 5.69 Å². The number of ether oxygens (including phenoxy) is 1. The van der Waals surface area contributed by atoms with Gasteiger partial charge in [-0.25, -0.2) is 9.48 Å². The maximum absolute atomic E-state index is 11.9. The molecule has 0 saturated heterocycles. The van der Waals surface area contributed by atoms with Gasteiger partial charge in [0.25, 0.3) is 5.91 Å². The molecule has 0 atom stereocenters. The zero-order valence-electron chi connectivity index (χ0n) is 13.8. The van der Waals surface area contributed by atoms with Gasteiger partial charge in [0.05, 0.1) is 24.2 Å². The molecule has 7 heteroatoms. The summed E-state index contributed by atoms with van der Waals surface area (Å²) in [4.78, 5) is 23.8. The molecule has 1 amide bonds. The smallest absolute Gasteiger partial charge is 0.341 e. The van der Waals surface area contributed by atoms with E-state index >= 15 is 0 Å². The fraction of sp³-hybridized carbons (Fsp3) is 0.353. The highest BCUT2D eigenvalue weighted by Crippen LogP contribution is 2.16. The van der Waals surface area contributed by atoms with Crippen LogP contribution in [0.5, 0.6) is 0 Å². The van der Waals surface area contributed by atoms with Crippen molar-refractivity contribution in [3.05, 3.63) is 47.3 Å². The second-order valence-electron chi connectivity index (χ2n) is 5.16. The molecule has 1 aromatic carbocycles. The molecule has 1 heterocycles. The van der Waals surface area contributed by atoms with Crippen molar-refractivity contribution in [2.24, 2.45) is 0 Å². The lowest BCUT2D eigenvalue weighted by atomic mass is 10.2. The summed E-state index contributed by atoms with van der Waals surface area (Å²) in [6, 6.07) is 6.90. The molecule has 0 bridgehead atoms. The van der Waals surface area contributed by atoms with Gasteiger partial charge in [-0.15, -0.1) is 0 Å². The first-order valence-electron chi connectivity index (χ1n) is 7.79. The van der Waals surface area contributed by atoms with Gasteiger partial charge in [-0.05, 0) is 44.5 Å². The van der Waals surface area contributed by atoms with E-state index in [2.05, 4.69) is 10.4 Å². The molecule has 0 fully saturated rings. The molecule has 0 unspecified atom stereocenters. The van der Waals surface area contributed by atoms with Gasteiger partial charge in [0.1, 0.15) is 5.56 Å². The summed E-state index contributed by atoms with van der Waals surface area (Å²) in [5.74, 6) is -0.597. The molecule has 2 N–H and O–H groups in total. The summed E-state index contributed by atoms with van der Waals surface area (Å²) in [5.41, 5.74) is 2.36. The molecule has 7 nitrogen and oxygen atoms in total. The third kappa shape index (κ3) is 3.99. The van der Waals surface area contributed by atoms with E-state index in [1.54, 1.807) is 42.8 Å². The van der Waals surface area contributed by atoms with Crippen LogP contribution in [0, 0.1) is 6.92 Å². The van der Waals surface area contributed by atoms with E-state index in [-0.39, 0.29) is 12.5 Å². The van der Waals surface area contributed by atoms with Crippen LogP contribution in [-0.2, 0) is 4.74 Å². The molecule has 0 saturated carbocycles. The van der Waals surface area contributed by atoms with E-state index in [9.17, 15) is 9.59 Å². The lowest BCUT2D eigenvalue weighted by molar-refractivity contribution is 0.0525. The average Bonchev–Trinajstić information content (AvgIpc) is 2.97. The molecule has 1 aromatic heterocycles. The monoisotopic (exact) mass is 331 g/mol. The zero-order valence-corrected chi connectivity index (χ0v) is 13.8. The molecule has 2 rings (SSSR count). The Morgan fingerprint density at radius 2 is 2.00 bits per heavy atom. The summed E-state index contributed by atoms with van der Waals surface area (Å²) < 4.78 is 6.62. The molecule has 2 aromatic rings. The molecule has 0 aliphatic heterocycles. The van der Waals surface area contributed by atoms with Crippen LogP contribution in [0.1, 0.15) is 39.8 Å². The number of esters is 1. The molecule has 24 heavy (non-hydrogen) atoms. The average molecular weight is 331 g/mol. The van der Waals surface area contributed by atoms with Crippen LogP contribution < -0.4 is 5.32 Å². The predicted octanol–water partition coefficient (Wildman–Crippen LogP) is 1.47. The highest BCUT2D eigenvalue weighted by molar-refractivity contribution is 5.94. The van der Waals surface area contributed by atoms with Crippen LogP contribution in [0.2, 0.25) is 0 Å². The second kappa shape index (κ2) is 8.26. The van der Waals surface area contributed by atoms with Crippen molar-refractivity contribution in [2.45, 2.75) is 20.3 Å². The maximum Gasteiger partial charge on any atom is 0.341 e. The number of aliphatic hydroxyl groups excluding tert-OH is 1. The minimum atomic E-state index is -0.402. The number of hydrogen-bond donors (Lipinski definition) is 2. The third-order valence-corrected chi connectivity index (χ3v) is 3.50. The number of benzene rings is 1. The van der Waals surface area contributed by atoms with E-state index in [0.29, 0.717) is 36.4 Å². The Hall–Kier alpha value is -2.67. The summed E-state index contributed by atoms with van der Waals surface area (Å²) >= 11 is 0. The Morgan fingerprint density at radius 3 is 2.62 bits per heavy atom. The second-order valence-corrected chi connectivity index (χ2v) is 5.16. The number of rotatable bonds is 7. The summed E-state index contributed by atoms with van der Waals surface area (Å²) in [7, 11) is 0. The van der Waals surface area contributed by atoms with Gasteiger partial charge in [0.2, 0.25) is 0 Å². The Balaban J connectivity index is 2.14. The van der Waals surface area contributed by atoms with Crippen molar-refractivity contribution in [3.8, 4) is 5.69 Å².